The summed E-state index contributed by atoms with van der Waals surface area (Å²) >= 11 is 0. The molecule has 4 rings (SSSR count). The van der Waals surface area contributed by atoms with E-state index in [4.69, 9.17) is 10.1 Å². The third-order valence-electron chi connectivity index (χ3n) is 5.15. The molecule has 0 amide bonds. The molecule has 6 heteroatoms. The van der Waals surface area contributed by atoms with Crippen LogP contribution in [0.1, 0.15) is 31.5 Å². The van der Waals surface area contributed by atoms with E-state index in [2.05, 4.69) is 40.8 Å². The van der Waals surface area contributed by atoms with Gasteiger partial charge in [0.15, 0.2) is 5.82 Å². The van der Waals surface area contributed by atoms with Crippen molar-refractivity contribution in [1.82, 2.24) is 24.9 Å². The van der Waals surface area contributed by atoms with Crippen molar-refractivity contribution in [3.8, 4) is 11.4 Å². The summed E-state index contributed by atoms with van der Waals surface area (Å²) in [4.78, 5) is 15.9. The van der Waals surface area contributed by atoms with Crippen molar-refractivity contribution in [2.75, 3.05) is 33.2 Å². The van der Waals surface area contributed by atoms with Crippen LogP contribution in [0.5, 0.6) is 0 Å². The Morgan fingerprint density at radius 2 is 1.77 bits per heavy atom. The van der Waals surface area contributed by atoms with Crippen LogP contribution in [-0.2, 0) is 6.42 Å². The van der Waals surface area contributed by atoms with E-state index >= 15 is 0 Å². The van der Waals surface area contributed by atoms with Gasteiger partial charge in [-0.1, -0.05) is 13.8 Å². The van der Waals surface area contributed by atoms with Crippen molar-refractivity contribution < 1.29 is 0 Å². The van der Waals surface area contributed by atoms with Gasteiger partial charge in [-0.3, -0.25) is 9.99 Å². The van der Waals surface area contributed by atoms with Crippen LogP contribution < -0.4 is 0 Å². The monoisotopic (exact) mass is 350 g/mol. The summed E-state index contributed by atoms with van der Waals surface area (Å²) in [6, 6.07) is 3.91. The molecular weight excluding hydrogens is 324 g/mol. The number of hydrazone groups is 1. The number of fused-ring (bicyclic) bond motifs is 1. The van der Waals surface area contributed by atoms with Gasteiger partial charge in [-0.25, -0.2) is 9.97 Å². The average molecular weight is 350 g/mol. The van der Waals surface area contributed by atoms with Crippen molar-refractivity contribution in [1.29, 1.82) is 0 Å². The zero-order chi connectivity index (χ0) is 18.1. The molecule has 0 saturated carbocycles. The number of hydrogen-bond donors (Lipinski definition) is 0. The van der Waals surface area contributed by atoms with E-state index in [0.29, 0.717) is 0 Å². The van der Waals surface area contributed by atoms with Crippen molar-refractivity contribution in [3.05, 3.63) is 42.0 Å². The maximum absolute atomic E-state index is 5.00. The first kappa shape index (κ1) is 17.1. The van der Waals surface area contributed by atoms with Crippen LogP contribution in [0.15, 0.2) is 35.8 Å². The van der Waals surface area contributed by atoms with Gasteiger partial charge in [0, 0.05) is 55.9 Å². The number of likely N-dealkylation sites (N-methyl/N-ethyl adjacent to an activating group) is 1. The zero-order valence-corrected chi connectivity index (χ0v) is 15.8. The summed E-state index contributed by atoms with van der Waals surface area (Å²) in [5, 5.41) is 7.21. The van der Waals surface area contributed by atoms with Gasteiger partial charge >= 0.3 is 0 Å². The van der Waals surface area contributed by atoms with Gasteiger partial charge in [-0.15, -0.1) is 0 Å². The number of rotatable bonds is 2. The van der Waals surface area contributed by atoms with Crippen LogP contribution >= 0.6 is 0 Å². The van der Waals surface area contributed by atoms with E-state index in [1.807, 2.05) is 18.3 Å². The molecule has 0 unspecified atom stereocenters. The summed E-state index contributed by atoms with van der Waals surface area (Å²) in [7, 11) is 2.16. The summed E-state index contributed by atoms with van der Waals surface area (Å²) in [5.74, 6) is 0.766. The van der Waals surface area contributed by atoms with E-state index in [9.17, 15) is 0 Å². The lowest BCUT2D eigenvalue weighted by Crippen LogP contribution is -2.42. The molecule has 0 bridgehead atoms. The standard InChI is InChI=1S/C20H26N6/c1-20(2)12-17-16(14-22-19(23-17)15-4-6-21-7-5-15)18(13-20)24-26-10-8-25(3)9-11-26/h4-7,14H,8-13H2,1-3H3/b24-18-. The summed E-state index contributed by atoms with van der Waals surface area (Å²) < 4.78 is 0. The lowest BCUT2D eigenvalue weighted by Gasteiger charge is -2.35. The van der Waals surface area contributed by atoms with Gasteiger partial charge in [0.25, 0.3) is 0 Å². The van der Waals surface area contributed by atoms with Gasteiger partial charge in [0.1, 0.15) is 0 Å². The normalized spacial score (nSPS) is 21.7. The van der Waals surface area contributed by atoms with Crippen LogP contribution in [0.3, 0.4) is 0 Å². The largest absolute Gasteiger partial charge is 0.303 e. The molecule has 1 aliphatic carbocycles. The second kappa shape index (κ2) is 6.76. The summed E-state index contributed by atoms with van der Waals surface area (Å²) in [6.45, 7) is 8.67. The maximum Gasteiger partial charge on any atom is 0.159 e. The highest BCUT2D eigenvalue weighted by Crippen LogP contribution is 2.35. The van der Waals surface area contributed by atoms with E-state index < -0.39 is 0 Å². The quantitative estimate of drug-likeness (QED) is 0.833. The number of nitrogens with zero attached hydrogens (tertiary/aromatic N) is 6. The molecule has 0 aromatic carbocycles. The molecule has 1 aliphatic heterocycles. The molecule has 0 spiro atoms. The minimum Gasteiger partial charge on any atom is -0.303 e. The minimum absolute atomic E-state index is 0.155. The SMILES string of the molecule is CN1CCN(/N=C2/CC(C)(C)Cc3nc(-c4ccncc4)ncc32)CC1. The summed E-state index contributed by atoms with van der Waals surface area (Å²) in [6.07, 6.45) is 7.43. The molecule has 0 N–H and O–H groups in total. The second-order valence-electron chi connectivity index (χ2n) is 8.11. The first-order chi connectivity index (χ1) is 12.5. The Hall–Kier alpha value is -2.34. The predicted molar refractivity (Wildman–Crippen MR) is 103 cm³/mol. The Kier molecular flexibility index (Phi) is 4.44. The molecule has 2 aliphatic rings. The Bertz CT molecular complexity index is 806. The lowest BCUT2D eigenvalue weighted by molar-refractivity contribution is 0.158. The molecule has 0 radical (unpaired) electrons. The molecular formula is C20H26N6. The highest BCUT2D eigenvalue weighted by molar-refractivity contribution is 6.02. The summed E-state index contributed by atoms with van der Waals surface area (Å²) in [5.41, 5.74) is 4.50. The minimum atomic E-state index is 0.155. The molecule has 1 fully saturated rings. The van der Waals surface area contributed by atoms with E-state index in [0.717, 1.165) is 67.4 Å². The van der Waals surface area contributed by atoms with E-state index in [1.54, 1.807) is 12.4 Å². The predicted octanol–water partition coefficient (Wildman–Crippen LogP) is 2.46. The molecule has 136 valence electrons. The Morgan fingerprint density at radius 1 is 1.04 bits per heavy atom. The van der Waals surface area contributed by atoms with Crippen LogP contribution in [0.4, 0.5) is 0 Å². The van der Waals surface area contributed by atoms with Crippen LogP contribution in [0.25, 0.3) is 11.4 Å². The van der Waals surface area contributed by atoms with E-state index in [1.165, 1.54) is 0 Å². The highest BCUT2D eigenvalue weighted by atomic mass is 15.5. The first-order valence-corrected chi connectivity index (χ1v) is 9.28. The van der Waals surface area contributed by atoms with Crippen molar-refractivity contribution >= 4 is 5.71 Å². The Balaban J connectivity index is 1.68. The fraction of sp³-hybridized carbons (Fsp3) is 0.500. The number of piperazine rings is 1. The first-order valence-electron chi connectivity index (χ1n) is 9.28. The van der Waals surface area contributed by atoms with Crippen LogP contribution in [0.2, 0.25) is 0 Å². The van der Waals surface area contributed by atoms with Gasteiger partial charge in [-0.05, 0) is 37.4 Å². The Labute approximate surface area is 155 Å². The molecule has 3 heterocycles. The highest BCUT2D eigenvalue weighted by Gasteiger charge is 2.32. The topological polar surface area (TPSA) is 57.5 Å². The van der Waals surface area contributed by atoms with Crippen LogP contribution in [-0.4, -0.2) is 63.8 Å². The molecule has 2 aromatic heterocycles. The number of hydrogen-bond acceptors (Lipinski definition) is 6. The zero-order valence-electron chi connectivity index (χ0n) is 15.8. The second-order valence-corrected chi connectivity index (χ2v) is 8.11. The third-order valence-corrected chi connectivity index (χ3v) is 5.15. The van der Waals surface area contributed by atoms with Crippen molar-refractivity contribution in [3.63, 3.8) is 0 Å². The molecule has 2 aromatic rings. The van der Waals surface area contributed by atoms with Gasteiger partial charge in [0.2, 0.25) is 0 Å². The number of pyridine rings is 1. The van der Waals surface area contributed by atoms with Crippen molar-refractivity contribution in [2.24, 2.45) is 10.5 Å². The van der Waals surface area contributed by atoms with Gasteiger partial charge in [0.05, 0.1) is 11.4 Å². The fourth-order valence-electron chi connectivity index (χ4n) is 3.65. The van der Waals surface area contributed by atoms with E-state index in [-0.39, 0.29) is 5.41 Å². The lowest BCUT2D eigenvalue weighted by atomic mass is 9.75. The van der Waals surface area contributed by atoms with Gasteiger partial charge < -0.3 is 4.90 Å². The average Bonchev–Trinajstić information content (AvgIpc) is 2.63. The molecule has 6 nitrogen and oxygen atoms in total. The van der Waals surface area contributed by atoms with Gasteiger partial charge in [-0.2, -0.15) is 5.10 Å². The Morgan fingerprint density at radius 3 is 2.50 bits per heavy atom. The number of aromatic nitrogens is 3. The fourth-order valence-corrected chi connectivity index (χ4v) is 3.65. The molecule has 0 atom stereocenters. The maximum atomic E-state index is 5.00. The smallest absolute Gasteiger partial charge is 0.159 e. The third kappa shape index (κ3) is 3.60. The molecule has 1 saturated heterocycles. The van der Waals surface area contributed by atoms with Crippen LogP contribution in [0, 0.1) is 5.41 Å². The van der Waals surface area contributed by atoms with Crippen molar-refractivity contribution in [2.45, 2.75) is 26.7 Å². The molecule has 26 heavy (non-hydrogen) atoms.